The number of hydrogen-bond acceptors (Lipinski definition) is 2. The van der Waals surface area contributed by atoms with Gasteiger partial charge < -0.3 is 10.1 Å². The molecule has 1 N–H and O–H groups in total. The summed E-state index contributed by atoms with van der Waals surface area (Å²) in [6, 6.07) is 16.3. The van der Waals surface area contributed by atoms with Gasteiger partial charge in [0.2, 0.25) is 0 Å². The zero-order valence-electron chi connectivity index (χ0n) is 14.6. The highest BCUT2D eigenvalue weighted by Gasteiger charge is 2.34. The first-order valence-electron chi connectivity index (χ1n) is 8.63. The van der Waals surface area contributed by atoms with E-state index in [1.807, 2.05) is 31.2 Å². The fourth-order valence-electron chi connectivity index (χ4n) is 2.89. The van der Waals surface area contributed by atoms with E-state index in [1.165, 1.54) is 24.0 Å². The van der Waals surface area contributed by atoms with Gasteiger partial charge in [-0.2, -0.15) is 0 Å². The molecule has 0 bridgehead atoms. The standard InChI is InChI=1S/C21H25NO2/c1-14-7-9-17(10-8-14)20(18-11-12-18)22-21(23)16(3)24-19-6-4-5-15(2)13-19/h4-10,13,16,18,20H,11-12H2,1-3H3,(H,22,23). The molecule has 3 nitrogen and oxygen atoms in total. The molecular formula is C21H25NO2. The van der Waals surface area contributed by atoms with E-state index in [2.05, 4.69) is 36.5 Å². The normalized spacial score (nSPS) is 16.3. The molecule has 2 unspecified atom stereocenters. The smallest absolute Gasteiger partial charge is 0.261 e. The van der Waals surface area contributed by atoms with Gasteiger partial charge in [-0.15, -0.1) is 0 Å². The van der Waals surface area contributed by atoms with Gasteiger partial charge in [0, 0.05) is 0 Å². The first-order chi connectivity index (χ1) is 11.5. The molecule has 0 heterocycles. The molecule has 0 radical (unpaired) electrons. The molecule has 1 amide bonds. The van der Waals surface area contributed by atoms with Crippen LogP contribution in [0.15, 0.2) is 48.5 Å². The summed E-state index contributed by atoms with van der Waals surface area (Å²) in [5.41, 5.74) is 3.53. The third-order valence-electron chi connectivity index (χ3n) is 4.50. The summed E-state index contributed by atoms with van der Waals surface area (Å²) < 4.78 is 5.80. The molecule has 2 atom stereocenters. The van der Waals surface area contributed by atoms with Crippen molar-refractivity contribution in [3.63, 3.8) is 0 Å². The van der Waals surface area contributed by atoms with E-state index in [9.17, 15) is 4.79 Å². The largest absolute Gasteiger partial charge is 0.481 e. The van der Waals surface area contributed by atoms with Crippen molar-refractivity contribution in [2.45, 2.75) is 45.8 Å². The zero-order chi connectivity index (χ0) is 17.1. The van der Waals surface area contributed by atoms with Crippen molar-refractivity contribution in [1.29, 1.82) is 0 Å². The van der Waals surface area contributed by atoms with Crippen LogP contribution in [-0.2, 0) is 4.79 Å². The van der Waals surface area contributed by atoms with Gasteiger partial charge >= 0.3 is 0 Å². The van der Waals surface area contributed by atoms with Crippen LogP contribution in [0.5, 0.6) is 5.75 Å². The maximum absolute atomic E-state index is 12.6. The van der Waals surface area contributed by atoms with Crippen molar-refractivity contribution in [3.8, 4) is 5.75 Å². The Morgan fingerprint density at radius 2 is 1.79 bits per heavy atom. The van der Waals surface area contributed by atoms with E-state index in [1.54, 1.807) is 6.92 Å². The topological polar surface area (TPSA) is 38.3 Å². The molecule has 1 aliphatic rings. The highest BCUT2D eigenvalue weighted by atomic mass is 16.5. The Morgan fingerprint density at radius 1 is 1.08 bits per heavy atom. The number of ether oxygens (including phenoxy) is 1. The van der Waals surface area contributed by atoms with Gasteiger partial charge in [0.05, 0.1) is 6.04 Å². The summed E-state index contributed by atoms with van der Waals surface area (Å²) in [5.74, 6) is 1.22. The Kier molecular flexibility index (Phi) is 4.89. The van der Waals surface area contributed by atoms with Crippen molar-refractivity contribution in [3.05, 3.63) is 65.2 Å². The molecule has 24 heavy (non-hydrogen) atoms. The summed E-state index contributed by atoms with van der Waals surface area (Å²) in [6.07, 6.45) is 1.83. The third-order valence-corrected chi connectivity index (χ3v) is 4.50. The van der Waals surface area contributed by atoms with Crippen molar-refractivity contribution in [1.82, 2.24) is 5.32 Å². The predicted molar refractivity (Wildman–Crippen MR) is 96.1 cm³/mol. The SMILES string of the molecule is Cc1ccc(C(NC(=O)C(C)Oc2cccc(C)c2)C2CC2)cc1. The van der Waals surface area contributed by atoms with Gasteiger partial charge in [0.25, 0.3) is 5.91 Å². The minimum Gasteiger partial charge on any atom is -0.481 e. The third kappa shape index (κ3) is 4.16. The van der Waals surface area contributed by atoms with Crippen LogP contribution in [0.2, 0.25) is 0 Å². The lowest BCUT2D eigenvalue weighted by atomic mass is 10.0. The Labute approximate surface area is 144 Å². The Bertz CT molecular complexity index is 704. The van der Waals surface area contributed by atoms with E-state index < -0.39 is 6.10 Å². The number of carbonyl (C=O) groups is 1. The molecular weight excluding hydrogens is 298 g/mol. The van der Waals surface area contributed by atoms with Crippen molar-refractivity contribution >= 4 is 5.91 Å². The van der Waals surface area contributed by atoms with Crippen LogP contribution in [0, 0.1) is 19.8 Å². The van der Waals surface area contributed by atoms with Gasteiger partial charge in [-0.3, -0.25) is 4.79 Å². The molecule has 1 aliphatic carbocycles. The Morgan fingerprint density at radius 3 is 2.42 bits per heavy atom. The van der Waals surface area contributed by atoms with Crippen LogP contribution in [-0.4, -0.2) is 12.0 Å². The highest BCUT2D eigenvalue weighted by Crippen LogP contribution is 2.41. The molecule has 3 heteroatoms. The van der Waals surface area contributed by atoms with E-state index in [4.69, 9.17) is 4.74 Å². The van der Waals surface area contributed by atoms with E-state index in [0.717, 1.165) is 11.3 Å². The van der Waals surface area contributed by atoms with Crippen molar-refractivity contribution < 1.29 is 9.53 Å². The van der Waals surface area contributed by atoms with Gasteiger partial charge in [-0.05, 0) is 62.8 Å². The zero-order valence-corrected chi connectivity index (χ0v) is 14.6. The Hall–Kier alpha value is -2.29. The summed E-state index contributed by atoms with van der Waals surface area (Å²) in [5, 5.41) is 3.19. The lowest BCUT2D eigenvalue weighted by Crippen LogP contribution is -2.39. The number of nitrogens with one attached hydrogen (secondary N) is 1. The minimum absolute atomic E-state index is 0.0611. The molecule has 3 rings (SSSR count). The highest BCUT2D eigenvalue weighted by molar-refractivity contribution is 5.81. The molecule has 0 aromatic heterocycles. The monoisotopic (exact) mass is 323 g/mol. The average Bonchev–Trinajstić information content (AvgIpc) is 3.38. The molecule has 1 fully saturated rings. The van der Waals surface area contributed by atoms with Crippen molar-refractivity contribution in [2.75, 3.05) is 0 Å². The van der Waals surface area contributed by atoms with Crippen LogP contribution < -0.4 is 10.1 Å². The summed E-state index contributed by atoms with van der Waals surface area (Å²) >= 11 is 0. The Balaban J connectivity index is 1.66. The number of rotatable bonds is 6. The van der Waals surface area contributed by atoms with Crippen LogP contribution in [0.3, 0.4) is 0 Å². The molecule has 0 aliphatic heterocycles. The fourth-order valence-corrected chi connectivity index (χ4v) is 2.89. The summed E-state index contributed by atoms with van der Waals surface area (Å²) in [6.45, 7) is 5.89. The van der Waals surface area contributed by atoms with Gasteiger partial charge in [0.15, 0.2) is 6.10 Å². The molecule has 126 valence electrons. The molecule has 2 aromatic rings. The summed E-state index contributed by atoms with van der Waals surface area (Å²) in [4.78, 5) is 12.6. The van der Waals surface area contributed by atoms with Gasteiger partial charge in [-0.25, -0.2) is 0 Å². The number of benzene rings is 2. The minimum atomic E-state index is -0.515. The average molecular weight is 323 g/mol. The van der Waals surface area contributed by atoms with E-state index >= 15 is 0 Å². The number of carbonyl (C=O) groups excluding carboxylic acids is 1. The van der Waals surface area contributed by atoms with Crippen LogP contribution in [0.4, 0.5) is 0 Å². The lowest BCUT2D eigenvalue weighted by Gasteiger charge is -2.22. The predicted octanol–water partition coefficient (Wildman–Crippen LogP) is 4.34. The lowest BCUT2D eigenvalue weighted by molar-refractivity contribution is -0.128. The van der Waals surface area contributed by atoms with Crippen LogP contribution in [0.1, 0.15) is 42.5 Å². The molecule has 2 aromatic carbocycles. The second-order valence-corrected chi connectivity index (χ2v) is 6.81. The second-order valence-electron chi connectivity index (χ2n) is 6.81. The molecule has 1 saturated carbocycles. The molecule has 0 saturated heterocycles. The van der Waals surface area contributed by atoms with E-state index in [0.29, 0.717) is 5.92 Å². The van der Waals surface area contributed by atoms with Crippen LogP contribution >= 0.6 is 0 Å². The number of aryl methyl sites for hydroxylation is 2. The van der Waals surface area contributed by atoms with Gasteiger partial charge in [-0.1, -0.05) is 42.0 Å². The van der Waals surface area contributed by atoms with Crippen LogP contribution in [0.25, 0.3) is 0 Å². The molecule has 0 spiro atoms. The maximum atomic E-state index is 12.6. The maximum Gasteiger partial charge on any atom is 0.261 e. The second kappa shape index (κ2) is 7.08. The number of amides is 1. The fraction of sp³-hybridized carbons (Fsp3) is 0.381. The summed E-state index contributed by atoms with van der Waals surface area (Å²) in [7, 11) is 0. The quantitative estimate of drug-likeness (QED) is 0.859. The number of hydrogen-bond donors (Lipinski definition) is 1. The van der Waals surface area contributed by atoms with E-state index in [-0.39, 0.29) is 11.9 Å². The van der Waals surface area contributed by atoms with Crippen molar-refractivity contribution in [2.24, 2.45) is 5.92 Å². The first kappa shape index (κ1) is 16.6. The van der Waals surface area contributed by atoms with Gasteiger partial charge in [0.1, 0.15) is 5.75 Å². The first-order valence-corrected chi connectivity index (χ1v) is 8.63.